The smallest absolute Gasteiger partial charge is 0.282 e. The zero-order valence-electron chi connectivity index (χ0n) is 23.2. The van der Waals surface area contributed by atoms with Crippen molar-refractivity contribution < 1.29 is 18.7 Å². The minimum atomic E-state index is -0.544. The highest BCUT2D eigenvalue weighted by Crippen LogP contribution is 2.33. The molecule has 0 saturated carbocycles. The summed E-state index contributed by atoms with van der Waals surface area (Å²) in [5, 5.41) is 7.47. The van der Waals surface area contributed by atoms with Gasteiger partial charge in [-0.25, -0.2) is 9.37 Å². The quantitative estimate of drug-likeness (QED) is 0.177. The van der Waals surface area contributed by atoms with Crippen molar-refractivity contribution in [2.45, 2.75) is 32.6 Å². The van der Waals surface area contributed by atoms with Crippen molar-refractivity contribution >= 4 is 44.6 Å². The van der Waals surface area contributed by atoms with E-state index in [-0.39, 0.29) is 17.9 Å². The van der Waals surface area contributed by atoms with Gasteiger partial charge < -0.3 is 14.8 Å². The molecule has 4 aromatic rings. The van der Waals surface area contributed by atoms with E-state index in [1.165, 1.54) is 30.0 Å². The Kier molecular flexibility index (Phi) is 9.02. The summed E-state index contributed by atoms with van der Waals surface area (Å²) >= 11 is 3.42. The number of hydrogen-bond acceptors (Lipinski definition) is 6. The number of ether oxygens (including phenoxy) is 2. The van der Waals surface area contributed by atoms with Gasteiger partial charge in [0.25, 0.3) is 11.5 Å². The number of halogens is 2. The monoisotopic (exact) mass is 620 g/mol. The Morgan fingerprint density at radius 2 is 1.95 bits per heavy atom. The van der Waals surface area contributed by atoms with Crippen LogP contribution in [0.1, 0.15) is 37.7 Å². The van der Waals surface area contributed by atoms with Crippen LogP contribution in [0.2, 0.25) is 0 Å². The zero-order chi connectivity index (χ0) is 29.7. The van der Waals surface area contributed by atoms with Gasteiger partial charge in [0.15, 0.2) is 18.1 Å². The molecule has 212 valence electrons. The van der Waals surface area contributed by atoms with Gasteiger partial charge >= 0.3 is 0 Å². The molecular formula is C31H30BrFN4O4. The number of carbonyl (C=O) groups excluding carboxylic acids is 1. The Labute approximate surface area is 245 Å². The van der Waals surface area contributed by atoms with Crippen molar-refractivity contribution in [3.63, 3.8) is 0 Å². The fourth-order valence-electron chi connectivity index (χ4n) is 4.13. The van der Waals surface area contributed by atoms with E-state index < -0.39 is 17.1 Å². The molecule has 3 aromatic carbocycles. The van der Waals surface area contributed by atoms with Crippen molar-refractivity contribution in [3.05, 3.63) is 105 Å². The highest BCUT2D eigenvalue weighted by atomic mass is 79.9. The predicted molar refractivity (Wildman–Crippen MR) is 163 cm³/mol. The summed E-state index contributed by atoms with van der Waals surface area (Å²) in [4.78, 5) is 30.7. The number of para-hydroxylation sites is 1. The average molecular weight is 622 g/mol. The van der Waals surface area contributed by atoms with Gasteiger partial charge in [0, 0.05) is 15.5 Å². The van der Waals surface area contributed by atoms with Crippen molar-refractivity contribution in [2.24, 2.45) is 5.10 Å². The molecule has 0 saturated heterocycles. The van der Waals surface area contributed by atoms with Gasteiger partial charge in [-0.1, -0.05) is 54.9 Å². The number of aromatic nitrogens is 2. The van der Waals surface area contributed by atoms with Crippen molar-refractivity contribution in [3.8, 4) is 11.5 Å². The van der Waals surface area contributed by atoms with E-state index >= 15 is 0 Å². The summed E-state index contributed by atoms with van der Waals surface area (Å²) in [7, 11) is 1.48. The summed E-state index contributed by atoms with van der Waals surface area (Å²) < 4.78 is 27.4. The van der Waals surface area contributed by atoms with Crippen LogP contribution >= 0.6 is 15.9 Å². The third kappa shape index (κ3) is 6.89. The van der Waals surface area contributed by atoms with Crippen LogP contribution in [-0.4, -0.2) is 35.5 Å². The number of amides is 1. The number of benzene rings is 3. The summed E-state index contributed by atoms with van der Waals surface area (Å²) in [5.41, 5.74) is 1.20. The number of methoxy groups -OCH3 is 1. The maximum Gasteiger partial charge on any atom is 0.282 e. The summed E-state index contributed by atoms with van der Waals surface area (Å²) in [6.07, 6.45) is 3.64. The zero-order valence-corrected chi connectivity index (χ0v) is 24.8. The Morgan fingerprint density at radius 1 is 1.20 bits per heavy atom. The second-order valence-electron chi connectivity index (χ2n) is 10.2. The number of rotatable bonds is 9. The minimum absolute atomic E-state index is 0.0614. The summed E-state index contributed by atoms with van der Waals surface area (Å²) in [5.74, 6) is 0.133. The molecule has 10 heteroatoms. The highest BCUT2D eigenvalue weighted by Gasteiger charge is 2.23. The van der Waals surface area contributed by atoms with Gasteiger partial charge in [0.2, 0.25) is 0 Å². The molecule has 0 fully saturated rings. The van der Waals surface area contributed by atoms with E-state index in [4.69, 9.17) is 14.5 Å². The number of fused-ring (bicyclic) bond motifs is 1. The molecule has 0 aliphatic rings. The number of carbonyl (C=O) groups is 1. The first kappa shape index (κ1) is 29.7. The molecule has 4 rings (SSSR count). The van der Waals surface area contributed by atoms with Crippen LogP contribution in [0.15, 0.2) is 81.6 Å². The fraction of sp³-hybridized carbons (Fsp3) is 0.226. The molecule has 1 aromatic heterocycles. The van der Waals surface area contributed by atoms with Gasteiger partial charge in [0.05, 0.1) is 29.9 Å². The third-order valence-electron chi connectivity index (χ3n) is 6.04. The molecule has 0 atom stereocenters. The molecule has 0 bridgehead atoms. The average Bonchev–Trinajstić information content (AvgIpc) is 2.92. The normalized spacial score (nSPS) is 11.6. The van der Waals surface area contributed by atoms with Crippen molar-refractivity contribution in [1.29, 1.82) is 0 Å². The largest absolute Gasteiger partial charge is 0.493 e. The SMILES string of the molecule is C=CCc1cc(C=Nn2c(C(C)(C)C)nc3ccc(Br)cc3c2=O)cc(OC)c1OCC(=O)Nc1ccccc1F. The minimum Gasteiger partial charge on any atom is -0.493 e. The molecule has 8 nitrogen and oxygen atoms in total. The first-order valence-electron chi connectivity index (χ1n) is 12.8. The topological polar surface area (TPSA) is 94.8 Å². The van der Waals surface area contributed by atoms with Crippen LogP contribution in [0.25, 0.3) is 10.9 Å². The lowest BCUT2D eigenvalue weighted by Crippen LogP contribution is -2.29. The Bertz CT molecular complexity index is 1710. The lowest BCUT2D eigenvalue weighted by Gasteiger charge is -2.21. The first-order valence-corrected chi connectivity index (χ1v) is 13.6. The third-order valence-corrected chi connectivity index (χ3v) is 6.53. The highest BCUT2D eigenvalue weighted by molar-refractivity contribution is 9.10. The maximum atomic E-state index is 13.9. The number of nitrogens with zero attached hydrogens (tertiary/aromatic N) is 3. The van der Waals surface area contributed by atoms with Gasteiger partial charge in [0.1, 0.15) is 11.6 Å². The van der Waals surface area contributed by atoms with E-state index in [1.54, 1.807) is 36.6 Å². The molecule has 0 radical (unpaired) electrons. The Hall–Kier alpha value is -4.31. The van der Waals surface area contributed by atoms with Gasteiger partial charge in [-0.15, -0.1) is 6.58 Å². The molecule has 1 amide bonds. The van der Waals surface area contributed by atoms with Crippen LogP contribution in [-0.2, 0) is 16.6 Å². The molecule has 0 aliphatic carbocycles. The van der Waals surface area contributed by atoms with Crippen molar-refractivity contribution in [2.75, 3.05) is 19.0 Å². The van der Waals surface area contributed by atoms with Gasteiger partial charge in [-0.05, 0) is 54.4 Å². The van der Waals surface area contributed by atoms with Crippen LogP contribution in [0.5, 0.6) is 11.5 Å². The second kappa shape index (κ2) is 12.5. The molecule has 41 heavy (non-hydrogen) atoms. The Morgan fingerprint density at radius 3 is 2.63 bits per heavy atom. The number of allylic oxidation sites excluding steroid dienone is 1. The number of hydrogen-bond donors (Lipinski definition) is 1. The molecular weight excluding hydrogens is 591 g/mol. The van der Waals surface area contributed by atoms with Crippen molar-refractivity contribution in [1.82, 2.24) is 9.66 Å². The van der Waals surface area contributed by atoms with Crippen LogP contribution in [0.4, 0.5) is 10.1 Å². The number of anilines is 1. The van der Waals surface area contributed by atoms with Crippen LogP contribution < -0.4 is 20.3 Å². The van der Waals surface area contributed by atoms with E-state index in [9.17, 15) is 14.0 Å². The molecule has 1 N–H and O–H groups in total. The second-order valence-corrected chi connectivity index (χ2v) is 11.1. The lowest BCUT2D eigenvalue weighted by atomic mass is 9.95. The summed E-state index contributed by atoms with van der Waals surface area (Å²) in [6, 6.07) is 14.7. The van der Waals surface area contributed by atoms with E-state index in [0.717, 1.165) is 4.47 Å². The fourth-order valence-corrected chi connectivity index (χ4v) is 4.49. The summed E-state index contributed by atoms with van der Waals surface area (Å²) in [6.45, 7) is 9.33. The van der Waals surface area contributed by atoms with Gasteiger partial charge in [-0.3, -0.25) is 9.59 Å². The predicted octanol–water partition coefficient (Wildman–Crippen LogP) is 6.23. The standard InChI is InChI=1S/C31H30BrFN4O4/c1-6-9-20-14-19(15-26(40-5)28(20)41-18-27(38)35-25-11-8-7-10-23(25)33)17-34-37-29(39)22-16-21(32)12-13-24(22)36-30(37)31(2,3)4/h6-8,10-17H,1,9,18H2,2-5H3,(H,35,38). The van der Waals surface area contributed by atoms with Crippen LogP contribution in [0.3, 0.4) is 0 Å². The maximum absolute atomic E-state index is 13.9. The molecule has 0 unspecified atom stereocenters. The van der Waals surface area contributed by atoms with Crippen LogP contribution in [0, 0.1) is 5.82 Å². The molecule has 0 aliphatic heterocycles. The van der Waals surface area contributed by atoms with E-state index in [2.05, 4.69) is 32.9 Å². The molecule has 0 spiro atoms. The van der Waals surface area contributed by atoms with E-state index in [0.29, 0.717) is 45.8 Å². The lowest BCUT2D eigenvalue weighted by molar-refractivity contribution is -0.118. The van der Waals surface area contributed by atoms with Gasteiger partial charge in [-0.2, -0.15) is 9.78 Å². The first-order chi connectivity index (χ1) is 19.5. The van der Waals surface area contributed by atoms with E-state index in [1.807, 2.05) is 32.9 Å². The number of nitrogens with one attached hydrogen (secondary N) is 1. The Balaban J connectivity index is 1.68. The molecule has 1 heterocycles.